The van der Waals surface area contributed by atoms with Crippen molar-refractivity contribution in [2.45, 2.75) is 25.3 Å². The molecule has 2 fully saturated rings. The molecular weight excluding hydrogens is 468 g/mol. The third-order valence-corrected chi connectivity index (χ3v) is 6.70. The molecule has 178 valence electrons. The van der Waals surface area contributed by atoms with Crippen molar-refractivity contribution in [1.29, 1.82) is 0 Å². The molecule has 9 nitrogen and oxygen atoms in total. The number of thioether (sulfide) groups is 1. The van der Waals surface area contributed by atoms with Gasteiger partial charge in [0.1, 0.15) is 12.6 Å². The van der Waals surface area contributed by atoms with Crippen molar-refractivity contribution < 1.29 is 24.0 Å². The number of rotatable bonds is 8. The molecule has 1 N–H and O–H groups in total. The van der Waals surface area contributed by atoms with E-state index in [4.69, 9.17) is 11.6 Å². The van der Waals surface area contributed by atoms with E-state index in [1.54, 1.807) is 45.8 Å². The van der Waals surface area contributed by atoms with E-state index in [-0.39, 0.29) is 43.0 Å². The van der Waals surface area contributed by atoms with E-state index in [0.29, 0.717) is 48.9 Å². The lowest BCUT2D eigenvalue weighted by Crippen LogP contribution is -2.57. The quantitative estimate of drug-likeness (QED) is 0.540. The van der Waals surface area contributed by atoms with Crippen molar-refractivity contribution >= 4 is 52.9 Å². The number of amides is 5. The highest BCUT2D eigenvalue weighted by Gasteiger charge is 2.34. The zero-order valence-corrected chi connectivity index (χ0v) is 20.0. The van der Waals surface area contributed by atoms with Gasteiger partial charge in [0, 0.05) is 39.0 Å². The molecule has 33 heavy (non-hydrogen) atoms. The maximum atomic E-state index is 13.2. The summed E-state index contributed by atoms with van der Waals surface area (Å²) in [4.78, 5) is 66.1. The minimum atomic E-state index is -0.705. The summed E-state index contributed by atoms with van der Waals surface area (Å²) < 4.78 is 0. The third kappa shape index (κ3) is 6.26. The number of hydrogen-bond donors (Lipinski definition) is 1. The van der Waals surface area contributed by atoms with Crippen LogP contribution in [0.4, 0.5) is 0 Å². The topological polar surface area (TPSA) is 107 Å². The Morgan fingerprint density at radius 3 is 2.24 bits per heavy atom. The first-order valence-electron chi connectivity index (χ1n) is 10.8. The van der Waals surface area contributed by atoms with Crippen LogP contribution in [-0.2, 0) is 19.2 Å². The first-order valence-corrected chi connectivity index (χ1v) is 12.5. The van der Waals surface area contributed by atoms with Crippen LogP contribution in [0.2, 0.25) is 5.02 Å². The summed E-state index contributed by atoms with van der Waals surface area (Å²) in [5.41, 5.74) is 0.308. The highest BCUT2D eigenvalue weighted by molar-refractivity contribution is 7.98. The van der Waals surface area contributed by atoms with E-state index in [9.17, 15) is 24.0 Å². The normalized spacial score (nSPS) is 17.3. The number of carbonyl (C=O) groups is 5. The van der Waals surface area contributed by atoms with Gasteiger partial charge in [0.2, 0.25) is 23.6 Å². The van der Waals surface area contributed by atoms with Crippen LogP contribution in [0.3, 0.4) is 0 Å². The van der Waals surface area contributed by atoms with Crippen LogP contribution in [-0.4, -0.2) is 95.0 Å². The Kier molecular flexibility index (Phi) is 8.74. The predicted molar refractivity (Wildman–Crippen MR) is 125 cm³/mol. The third-order valence-electron chi connectivity index (χ3n) is 5.72. The summed E-state index contributed by atoms with van der Waals surface area (Å²) in [6, 6.07) is 5.95. The molecule has 2 saturated heterocycles. The maximum absolute atomic E-state index is 13.2. The Morgan fingerprint density at radius 2 is 1.64 bits per heavy atom. The molecule has 0 spiro atoms. The highest BCUT2D eigenvalue weighted by Crippen LogP contribution is 2.17. The van der Waals surface area contributed by atoms with E-state index in [2.05, 4.69) is 5.32 Å². The fraction of sp³-hybridized carbons (Fsp3) is 0.500. The fourth-order valence-electron chi connectivity index (χ4n) is 3.81. The molecule has 1 aromatic carbocycles. The van der Waals surface area contributed by atoms with Crippen molar-refractivity contribution in [2.75, 3.05) is 44.7 Å². The van der Waals surface area contributed by atoms with Gasteiger partial charge in [0.05, 0.1) is 10.6 Å². The number of imide groups is 1. The summed E-state index contributed by atoms with van der Waals surface area (Å²) in [6.07, 6.45) is 2.68. The van der Waals surface area contributed by atoms with E-state index < -0.39 is 11.9 Å². The number of carbonyl (C=O) groups excluding carboxylic acids is 5. The molecule has 0 aromatic heterocycles. The van der Waals surface area contributed by atoms with E-state index in [1.807, 2.05) is 6.26 Å². The molecule has 2 aliphatic heterocycles. The molecule has 0 saturated carbocycles. The zero-order valence-electron chi connectivity index (χ0n) is 18.4. The van der Waals surface area contributed by atoms with Gasteiger partial charge >= 0.3 is 0 Å². The number of benzene rings is 1. The summed E-state index contributed by atoms with van der Waals surface area (Å²) in [5, 5.41) is 3.12. The SMILES string of the molecule is CSCCC(NC(=O)c1ccccc1Cl)C(=O)N1CCN(C(=O)CN2C(=O)CCC2=O)CC1. The minimum absolute atomic E-state index is 0.145. The zero-order chi connectivity index (χ0) is 24.0. The number of halogens is 1. The lowest BCUT2D eigenvalue weighted by molar-refractivity contribution is -0.147. The summed E-state index contributed by atoms with van der Waals surface area (Å²) in [6.45, 7) is 0.966. The number of piperazine rings is 1. The second-order valence-corrected chi connectivity index (χ2v) is 9.26. The van der Waals surface area contributed by atoms with Gasteiger partial charge in [-0.05, 0) is 30.6 Å². The van der Waals surface area contributed by atoms with Gasteiger partial charge in [-0.3, -0.25) is 28.9 Å². The molecule has 2 heterocycles. The van der Waals surface area contributed by atoms with Crippen molar-refractivity contribution in [3.8, 4) is 0 Å². The number of nitrogens with one attached hydrogen (secondary N) is 1. The first-order chi connectivity index (χ1) is 15.8. The van der Waals surface area contributed by atoms with Gasteiger partial charge in [-0.2, -0.15) is 11.8 Å². The summed E-state index contributed by atoms with van der Waals surface area (Å²) >= 11 is 7.70. The number of nitrogens with zero attached hydrogens (tertiary/aromatic N) is 3. The Bertz CT molecular complexity index is 919. The van der Waals surface area contributed by atoms with Gasteiger partial charge in [-0.15, -0.1) is 0 Å². The fourth-order valence-corrected chi connectivity index (χ4v) is 4.50. The van der Waals surface area contributed by atoms with Crippen LogP contribution in [0.5, 0.6) is 0 Å². The number of hydrogen-bond acceptors (Lipinski definition) is 6. The van der Waals surface area contributed by atoms with Crippen molar-refractivity contribution in [1.82, 2.24) is 20.0 Å². The molecule has 3 rings (SSSR count). The molecule has 1 atom stereocenters. The molecule has 0 aliphatic carbocycles. The molecule has 11 heteroatoms. The van der Waals surface area contributed by atoms with Crippen LogP contribution in [0, 0.1) is 0 Å². The average Bonchev–Trinajstić information content (AvgIpc) is 3.13. The Hall–Kier alpha value is -2.59. The molecule has 1 aromatic rings. The molecule has 1 unspecified atom stereocenters. The monoisotopic (exact) mass is 494 g/mol. The molecular formula is C22H27ClN4O5S. The van der Waals surface area contributed by atoms with Crippen LogP contribution in [0.1, 0.15) is 29.6 Å². The van der Waals surface area contributed by atoms with Gasteiger partial charge in [0.15, 0.2) is 0 Å². The van der Waals surface area contributed by atoms with Crippen molar-refractivity contribution in [3.63, 3.8) is 0 Å². The molecule has 0 radical (unpaired) electrons. The van der Waals surface area contributed by atoms with Crippen molar-refractivity contribution in [3.05, 3.63) is 34.9 Å². The Morgan fingerprint density at radius 1 is 1.03 bits per heavy atom. The standard InChI is InChI=1S/C22H27ClN4O5S/c1-33-13-8-17(24-21(31)15-4-2-3-5-16(15)23)22(32)26-11-9-25(10-12-26)20(30)14-27-18(28)6-7-19(27)29/h2-5,17H,6-14H2,1H3,(H,24,31). The lowest BCUT2D eigenvalue weighted by Gasteiger charge is -2.37. The average molecular weight is 495 g/mol. The van der Waals surface area contributed by atoms with Gasteiger partial charge < -0.3 is 15.1 Å². The largest absolute Gasteiger partial charge is 0.340 e. The number of likely N-dealkylation sites (tertiary alicyclic amines) is 1. The second-order valence-electron chi connectivity index (χ2n) is 7.87. The van der Waals surface area contributed by atoms with Crippen LogP contribution < -0.4 is 5.32 Å². The Labute approximate surface area is 201 Å². The smallest absolute Gasteiger partial charge is 0.253 e. The summed E-state index contributed by atoms with van der Waals surface area (Å²) in [5.74, 6) is -0.886. The van der Waals surface area contributed by atoms with Gasteiger partial charge in [0.25, 0.3) is 5.91 Å². The van der Waals surface area contributed by atoms with E-state index in [1.165, 1.54) is 0 Å². The van der Waals surface area contributed by atoms with Gasteiger partial charge in [-0.1, -0.05) is 23.7 Å². The van der Waals surface area contributed by atoms with E-state index in [0.717, 1.165) is 4.90 Å². The van der Waals surface area contributed by atoms with Crippen LogP contribution in [0.15, 0.2) is 24.3 Å². The molecule has 5 amide bonds. The minimum Gasteiger partial charge on any atom is -0.340 e. The summed E-state index contributed by atoms with van der Waals surface area (Å²) in [7, 11) is 0. The second kappa shape index (κ2) is 11.5. The first kappa shape index (κ1) is 25.0. The highest BCUT2D eigenvalue weighted by atomic mass is 35.5. The maximum Gasteiger partial charge on any atom is 0.253 e. The lowest BCUT2D eigenvalue weighted by atomic mass is 10.1. The predicted octanol–water partition coefficient (Wildman–Crippen LogP) is 1.01. The Balaban J connectivity index is 1.57. The van der Waals surface area contributed by atoms with Crippen LogP contribution >= 0.6 is 23.4 Å². The molecule has 2 aliphatic rings. The van der Waals surface area contributed by atoms with E-state index >= 15 is 0 Å². The molecule has 0 bridgehead atoms. The van der Waals surface area contributed by atoms with Crippen molar-refractivity contribution in [2.24, 2.45) is 0 Å². The van der Waals surface area contributed by atoms with Gasteiger partial charge in [-0.25, -0.2) is 0 Å². The van der Waals surface area contributed by atoms with Crippen LogP contribution in [0.25, 0.3) is 0 Å².